The highest BCUT2D eigenvalue weighted by Gasteiger charge is 2.72. The Morgan fingerprint density at radius 2 is 1.48 bits per heavy atom. The second-order valence-corrected chi connectivity index (χ2v) is 8.96. The number of esters is 1. The number of fused-ring (bicyclic) bond motifs is 2. The van der Waals surface area contributed by atoms with E-state index in [9.17, 15) is 49.4 Å². The zero-order valence-corrected chi connectivity index (χ0v) is 17.1. The van der Waals surface area contributed by atoms with Crippen molar-refractivity contribution in [1.29, 1.82) is 0 Å². The van der Waals surface area contributed by atoms with Crippen LogP contribution in [0.15, 0.2) is 0 Å². The summed E-state index contributed by atoms with van der Waals surface area (Å²) in [5.74, 6) is -4.35. The minimum absolute atomic E-state index is 0.0600. The van der Waals surface area contributed by atoms with Gasteiger partial charge in [-0.25, -0.2) is 0 Å². The number of carbonyl (C=O) groups is 1. The second kappa shape index (κ2) is 7.69. The minimum Gasteiger partial charge on any atom is -0.458 e. The van der Waals surface area contributed by atoms with E-state index in [1.54, 1.807) is 0 Å². The lowest BCUT2D eigenvalue weighted by Crippen LogP contribution is -2.59. The number of ether oxygens (including phenoxy) is 1. The smallest absolute Gasteiger partial charge is 0.426 e. The van der Waals surface area contributed by atoms with Crippen LogP contribution in [0.5, 0.6) is 0 Å². The third-order valence-corrected chi connectivity index (χ3v) is 7.28. The highest BCUT2D eigenvalue weighted by molar-refractivity contribution is 5.78. The van der Waals surface area contributed by atoms with E-state index < -0.39 is 71.7 Å². The van der Waals surface area contributed by atoms with Gasteiger partial charge < -0.3 is 9.84 Å². The number of hydrogen-bond acceptors (Lipinski definition) is 3. The summed E-state index contributed by atoms with van der Waals surface area (Å²) in [6, 6.07) is 0. The molecule has 0 saturated heterocycles. The van der Waals surface area contributed by atoms with E-state index in [-0.39, 0.29) is 25.7 Å². The van der Waals surface area contributed by atoms with Gasteiger partial charge in [0.25, 0.3) is 5.60 Å². The molecule has 3 nitrogen and oxygen atoms in total. The Morgan fingerprint density at radius 1 is 0.968 bits per heavy atom. The molecule has 0 heterocycles. The van der Waals surface area contributed by atoms with Gasteiger partial charge in [0.05, 0.1) is 0 Å². The molecular weight excluding hydrogens is 447 g/mol. The molecule has 12 heteroatoms. The number of alkyl halides is 9. The molecular formula is C19H25F9O3. The molecule has 5 unspecified atom stereocenters. The summed E-state index contributed by atoms with van der Waals surface area (Å²) in [5.41, 5.74) is -9.42. The van der Waals surface area contributed by atoms with Crippen molar-refractivity contribution in [2.24, 2.45) is 23.2 Å². The molecule has 31 heavy (non-hydrogen) atoms. The minimum atomic E-state index is -5.99. The highest BCUT2D eigenvalue weighted by Crippen LogP contribution is 2.61. The summed E-state index contributed by atoms with van der Waals surface area (Å²) in [5, 5.41) is 9.57. The SMILES string of the molecule is CCC1(OC(=O)C(C)(CC)C(F)(F)F)CC2CC(CC(O)(C(F)(F)F)C(F)(F)F)C1C2. The van der Waals surface area contributed by atoms with E-state index in [0.717, 1.165) is 6.92 Å². The Hall–Kier alpha value is -1.20. The van der Waals surface area contributed by atoms with Gasteiger partial charge in [0.15, 0.2) is 5.41 Å². The van der Waals surface area contributed by atoms with Gasteiger partial charge in [0.1, 0.15) is 5.60 Å². The fourth-order valence-corrected chi connectivity index (χ4v) is 5.04. The Kier molecular flexibility index (Phi) is 6.46. The van der Waals surface area contributed by atoms with Crippen LogP contribution in [0.3, 0.4) is 0 Å². The summed E-state index contributed by atoms with van der Waals surface area (Å²) >= 11 is 0. The van der Waals surface area contributed by atoms with E-state index in [0.29, 0.717) is 6.92 Å². The lowest BCUT2D eigenvalue weighted by molar-refractivity contribution is -0.374. The van der Waals surface area contributed by atoms with Crippen LogP contribution in [0.2, 0.25) is 0 Å². The molecule has 1 N–H and O–H groups in total. The normalized spacial score (nSPS) is 31.6. The van der Waals surface area contributed by atoms with E-state index in [4.69, 9.17) is 4.74 Å². The van der Waals surface area contributed by atoms with Gasteiger partial charge in [-0.2, -0.15) is 39.5 Å². The third kappa shape index (κ3) is 4.13. The van der Waals surface area contributed by atoms with Crippen LogP contribution in [0.1, 0.15) is 59.3 Å². The van der Waals surface area contributed by atoms with E-state index in [1.165, 1.54) is 6.92 Å². The van der Waals surface area contributed by atoms with Crippen molar-refractivity contribution >= 4 is 5.97 Å². The molecule has 2 saturated carbocycles. The standard InChI is InChI=1S/C19H25F9O3/c1-4-14(3,17(20,21)22)13(29)31-15(5-2)8-10-6-11(12(15)7-10)9-16(30,18(23,24)25)19(26,27)28/h10-12,30H,4-9H2,1-3H3. The molecule has 2 rings (SSSR count). The van der Waals surface area contributed by atoms with Crippen molar-refractivity contribution in [3.63, 3.8) is 0 Å². The molecule has 0 aliphatic heterocycles. The quantitative estimate of drug-likeness (QED) is 0.384. The molecule has 0 spiro atoms. The number of carbonyl (C=O) groups excluding carboxylic acids is 1. The number of rotatable bonds is 6. The molecule has 2 aliphatic rings. The zero-order chi connectivity index (χ0) is 24.3. The van der Waals surface area contributed by atoms with Crippen LogP contribution in [0, 0.1) is 23.2 Å². The first kappa shape index (κ1) is 26.1. The van der Waals surface area contributed by atoms with Gasteiger partial charge in [-0.05, 0) is 57.3 Å². The summed E-state index contributed by atoms with van der Waals surface area (Å²) in [6.45, 7) is 3.24. The van der Waals surface area contributed by atoms with Crippen LogP contribution >= 0.6 is 0 Å². The summed E-state index contributed by atoms with van der Waals surface area (Å²) < 4.78 is 124. The van der Waals surface area contributed by atoms with Crippen LogP contribution in [-0.2, 0) is 9.53 Å². The van der Waals surface area contributed by atoms with Gasteiger partial charge in [-0.15, -0.1) is 0 Å². The van der Waals surface area contributed by atoms with Crippen LogP contribution < -0.4 is 0 Å². The zero-order valence-electron chi connectivity index (χ0n) is 17.1. The molecule has 2 fully saturated rings. The Balaban J connectivity index is 2.34. The molecule has 2 aliphatic carbocycles. The molecule has 0 aromatic carbocycles. The second-order valence-electron chi connectivity index (χ2n) is 8.96. The van der Waals surface area contributed by atoms with E-state index in [2.05, 4.69) is 0 Å². The van der Waals surface area contributed by atoms with E-state index in [1.807, 2.05) is 0 Å². The maximum atomic E-state index is 13.4. The van der Waals surface area contributed by atoms with Crippen molar-refractivity contribution in [2.75, 3.05) is 0 Å². The largest absolute Gasteiger partial charge is 0.458 e. The molecule has 5 atom stereocenters. The van der Waals surface area contributed by atoms with Gasteiger partial charge in [0.2, 0.25) is 0 Å². The monoisotopic (exact) mass is 472 g/mol. The van der Waals surface area contributed by atoms with Gasteiger partial charge in [-0.1, -0.05) is 13.8 Å². The average molecular weight is 472 g/mol. The maximum absolute atomic E-state index is 13.4. The van der Waals surface area contributed by atoms with Crippen LogP contribution in [0.4, 0.5) is 39.5 Å². The molecule has 2 bridgehead atoms. The first-order valence-corrected chi connectivity index (χ1v) is 9.94. The third-order valence-electron chi connectivity index (χ3n) is 7.28. The maximum Gasteiger partial charge on any atom is 0.426 e. The molecule has 182 valence electrons. The lowest BCUT2D eigenvalue weighted by atomic mass is 9.71. The van der Waals surface area contributed by atoms with Gasteiger partial charge in [-0.3, -0.25) is 4.79 Å². The molecule has 0 aromatic heterocycles. The fraction of sp³-hybridized carbons (Fsp3) is 0.947. The molecule has 0 radical (unpaired) electrons. The van der Waals surface area contributed by atoms with Crippen molar-refractivity contribution < 1.29 is 54.2 Å². The van der Waals surface area contributed by atoms with Gasteiger partial charge in [0, 0.05) is 5.92 Å². The van der Waals surface area contributed by atoms with Crippen molar-refractivity contribution in [2.45, 2.75) is 89.0 Å². The van der Waals surface area contributed by atoms with Crippen molar-refractivity contribution in [3.05, 3.63) is 0 Å². The van der Waals surface area contributed by atoms with Crippen LogP contribution in [-0.4, -0.2) is 40.8 Å². The number of hydrogen-bond donors (Lipinski definition) is 1. The number of halogens is 9. The Labute approximate surface area is 173 Å². The number of aliphatic hydroxyl groups is 1. The Morgan fingerprint density at radius 3 is 1.84 bits per heavy atom. The van der Waals surface area contributed by atoms with E-state index >= 15 is 0 Å². The predicted octanol–water partition coefficient (Wildman–Crippen LogP) is 5.95. The Bertz CT molecular complexity index is 671. The van der Waals surface area contributed by atoms with Crippen molar-refractivity contribution in [1.82, 2.24) is 0 Å². The predicted molar refractivity (Wildman–Crippen MR) is 89.6 cm³/mol. The molecule has 0 aromatic rings. The topological polar surface area (TPSA) is 46.5 Å². The molecule has 0 amide bonds. The lowest BCUT2D eigenvalue weighted by Gasteiger charge is -2.44. The fourth-order valence-electron chi connectivity index (χ4n) is 5.04. The summed E-state index contributed by atoms with van der Waals surface area (Å²) in [6.07, 6.45) is -19.2. The summed E-state index contributed by atoms with van der Waals surface area (Å²) in [4.78, 5) is 12.5. The van der Waals surface area contributed by atoms with Gasteiger partial charge >= 0.3 is 24.5 Å². The highest BCUT2D eigenvalue weighted by atomic mass is 19.4. The average Bonchev–Trinajstić information content (AvgIpc) is 3.15. The van der Waals surface area contributed by atoms with Crippen LogP contribution in [0.25, 0.3) is 0 Å². The first-order chi connectivity index (χ1) is 13.8. The summed E-state index contributed by atoms with van der Waals surface area (Å²) in [7, 11) is 0. The first-order valence-electron chi connectivity index (χ1n) is 9.94. The van der Waals surface area contributed by atoms with Crippen molar-refractivity contribution in [3.8, 4) is 0 Å².